The van der Waals surface area contributed by atoms with Crippen LogP contribution in [0.1, 0.15) is 51.9 Å². The molecule has 2 amide bonds. The largest absolute Gasteiger partial charge is 0.383 e. The molecule has 0 atom stereocenters. The summed E-state index contributed by atoms with van der Waals surface area (Å²) in [5.74, 6) is -0.0392. The Hall–Kier alpha value is -3.50. The number of nitro benzene ring substituents is 1. The van der Waals surface area contributed by atoms with Gasteiger partial charge in [0.25, 0.3) is 0 Å². The molecule has 2 rings (SSSR count). The third-order valence-electron chi connectivity index (χ3n) is 4.51. The summed E-state index contributed by atoms with van der Waals surface area (Å²) in [4.78, 5) is 33.0. The number of nitro groups is 1. The van der Waals surface area contributed by atoms with Crippen molar-refractivity contribution in [1.29, 1.82) is 0 Å². The van der Waals surface area contributed by atoms with E-state index in [2.05, 4.69) is 30.9 Å². The number of rotatable bonds is 14. The number of fused-ring (bicyclic) bond motifs is 1. The SMILES string of the molecule is CC(=O)NC=CCCCCNC(=O)CCCCCNc1ccc([N+](=O)[O-])c2nonc12. The summed E-state index contributed by atoms with van der Waals surface area (Å²) in [6.45, 7) is 2.76. The van der Waals surface area contributed by atoms with Crippen LogP contribution < -0.4 is 16.0 Å². The molecule has 11 heteroatoms. The lowest BCUT2D eigenvalue weighted by Crippen LogP contribution is -2.24. The van der Waals surface area contributed by atoms with E-state index in [1.54, 1.807) is 12.3 Å². The van der Waals surface area contributed by atoms with E-state index in [9.17, 15) is 19.7 Å². The van der Waals surface area contributed by atoms with Crippen LogP contribution in [0.15, 0.2) is 29.0 Å². The zero-order valence-electron chi connectivity index (χ0n) is 17.6. The van der Waals surface area contributed by atoms with Gasteiger partial charge < -0.3 is 16.0 Å². The first kappa shape index (κ1) is 23.8. The number of carbonyl (C=O) groups excluding carboxylic acids is 2. The molecule has 11 nitrogen and oxygen atoms in total. The van der Waals surface area contributed by atoms with Gasteiger partial charge in [-0.1, -0.05) is 12.5 Å². The highest BCUT2D eigenvalue weighted by Crippen LogP contribution is 2.28. The minimum Gasteiger partial charge on any atom is -0.383 e. The summed E-state index contributed by atoms with van der Waals surface area (Å²) in [6, 6.07) is 2.96. The summed E-state index contributed by atoms with van der Waals surface area (Å²) in [7, 11) is 0. The number of hydrogen-bond donors (Lipinski definition) is 3. The van der Waals surface area contributed by atoms with Gasteiger partial charge in [0, 0.05) is 32.5 Å². The van der Waals surface area contributed by atoms with Gasteiger partial charge >= 0.3 is 5.69 Å². The lowest BCUT2D eigenvalue weighted by atomic mass is 10.1. The third-order valence-corrected chi connectivity index (χ3v) is 4.51. The van der Waals surface area contributed by atoms with E-state index in [4.69, 9.17) is 0 Å². The zero-order valence-corrected chi connectivity index (χ0v) is 17.6. The molecule has 1 aromatic carbocycles. The minimum atomic E-state index is -0.521. The monoisotopic (exact) mass is 432 g/mol. The quantitative estimate of drug-likeness (QED) is 0.234. The molecule has 0 fully saturated rings. The molecule has 3 N–H and O–H groups in total. The van der Waals surface area contributed by atoms with E-state index in [0.717, 1.165) is 38.5 Å². The molecule has 1 heterocycles. The molecule has 0 aliphatic carbocycles. The lowest BCUT2D eigenvalue weighted by Gasteiger charge is -2.07. The van der Waals surface area contributed by atoms with Gasteiger partial charge in [-0.05, 0) is 54.7 Å². The molecule has 31 heavy (non-hydrogen) atoms. The first-order chi connectivity index (χ1) is 15.0. The first-order valence-corrected chi connectivity index (χ1v) is 10.3. The Morgan fingerprint density at radius 2 is 1.87 bits per heavy atom. The Balaban J connectivity index is 1.53. The molecule has 168 valence electrons. The maximum Gasteiger partial charge on any atom is 0.300 e. The van der Waals surface area contributed by atoms with Crippen LogP contribution in [0, 0.1) is 10.1 Å². The molecule has 0 unspecified atom stereocenters. The summed E-state index contributed by atoms with van der Waals surface area (Å²) < 4.78 is 4.63. The zero-order chi connectivity index (χ0) is 22.5. The number of anilines is 1. The van der Waals surface area contributed by atoms with Crippen molar-refractivity contribution in [2.24, 2.45) is 0 Å². The van der Waals surface area contributed by atoms with Crippen LogP contribution in [-0.2, 0) is 9.59 Å². The fourth-order valence-electron chi connectivity index (χ4n) is 2.92. The number of hydrogen-bond acceptors (Lipinski definition) is 8. The van der Waals surface area contributed by atoms with Crippen LogP contribution in [0.2, 0.25) is 0 Å². The fourth-order valence-corrected chi connectivity index (χ4v) is 2.92. The van der Waals surface area contributed by atoms with Crippen molar-refractivity contribution >= 4 is 34.2 Å². The van der Waals surface area contributed by atoms with Gasteiger partial charge in [0.1, 0.15) is 0 Å². The second-order valence-electron chi connectivity index (χ2n) is 7.04. The van der Waals surface area contributed by atoms with Gasteiger partial charge in [-0.3, -0.25) is 19.7 Å². The topological polar surface area (TPSA) is 152 Å². The Kier molecular flexibility index (Phi) is 9.92. The molecular weight excluding hydrogens is 404 g/mol. The summed E-state index contributed by atoms with van der Waals surface area (Å²) in [5, 5.41) is 27.0. The predicted molar refractivity (Wildman–Crippen MR) is 115 cm³/mol. The van der Waals surface area contributed by atoms with E-state index in [1.165, 1.54) is 13.0 Å². The van der Waals surface area contributed by atoms with Crippen molar-refractivity contribution in [1.82, 2.24) is 20.9 Å². The number of amides is 2. The minimum absolute atomic E-state index is 0.0486. The van der Waals surface area contributed by atoms with Gasteiger partial charge in [0.2, 0.25) is 17.3 Å². The van der Waals surface area contributed by atoms with E-state index < -0.39 is 4.92 Å². The molecule has 0 spiro atoms. The summed E-state index contributed by atoms with van der Waals surface area (Å²) in [6.07, 6.45) is 9.22. The molecule has 0 radical (unpaired) electrons. The van der Waals surface area contributed by atoms with E-state index in [1.807, 2.05) is 6.08 Å². The lowest BCUT2D eigenvalue weighted by molar-refractivity contribution is -0.383. The van der Waals surface area contributed by atoms with E-state index in [-0.39, 0.29) is 23.0 Å². The number of nitrogens with zero attached hydrogens (tertiary/aromatic N) is 3. The van der Waals surface area contributed by atoms with Gasteiger partial charge in [-0.25, -0.2) is 4.63 Å². The highest BCUT2D eigenvalue weighted by Gasteiger charge is 2.19. The Labute approximate surface area is 179 Å². The van der Waals surface area contributed by atoms with Crippen LogP contribution >= 0.6 is 0 Å². The molecule has 0 bridgehead atoms. The second-order valence-corrected chi connectivity index (χ2v) is 7.04. The number of unbranched alkanes of at least 4 members (excludes halogenated alkanes) is 4. The number of benzene rings is 1. The van der Waals surface area contributed by atoms with E-state index in [0.29, 0.717) is 30.7 Å². The maximum absolute atomic E-state index is 11.8. The standard InChI is InChI=1S/C20H28N6O5/c1-15(27)21-12-6-2-3-7-14-23-18(28)9-5-4-8-13-22-16-10-11-17(26(29)30)20-19(16)24-31-25-20/h6,10-12,22H,2-5,7-9,13-14H2,1H3,(H,21,27)(H,23,28). The highest BCUT2D eigenvalue weighted by atomic mass is 16.6. The van der Waals surface area contributed by atoms with E-state index >= 15 is 0 Å². The number of carbonyl (C=O) groups is 2. The van der Waals surface area contributed by atoms with Crippen LogP contribution in [0.5, 0.6) is 0 Å². The smallest absolute Gasteiger partial charge is 0.300 e. The molecule has 2 aromatic rings. The molecule has 0 saturated heterocycles. The highest BCUT2D eigenvalue weighted by molar-refractivity contribution is 5.93. The van der Waals surface area contributed by atoms with Crippen molar-refractivity contribution in [3.8, 4) is 0 Å². The number of aromatic nitrogens is 2. The fraction of sp³-hybridized carbons (Fsp3) is 0.500. The van der Waals surface area contributed by atoms with Crippen molar-refractivity contribution < 1.29 is 19.1 Å². The Morgan fingerprint density at radius 3 is 2.65 bits per heavy atom. The van der Waals surface area contributed by atoms with Crippen molar-refractivity contribution in [2.75, 3.05) is 18.4 Å². The molecular formula is C20H28N6O5. The van der Waals surface area contributed by atoms with Gasteiger partial charge in [-0.15, -0.1) is 0 Å². The van der Waals surface area contributed by atoms with Crippen molar-refractivity contribution in [3.05, 3.63) is 34.5 Å². The predicted octanol–water partition coefficient (Wildman–Crippen LogP) is 3.04. The average molecular weight is 432 g/mol. The van der Waals surface area contributed by atoms with Crippen LogP contribution in [0.4, 0.5) is 11.4 Å². The Morgan fingerprint density at radius 1 is 1.10 bits per heavy atom. The maximum atomic E-state index is 11.8. The second kappa shape index (κ2) is 12.9. The van der Waals surface area contributed by atoms with Gasteiger partial charge in [-0.2, -0.15) is 0 Å². The summed E-state index contributed by atoms with van der Waals surface area (Å²) >= 11 is 0. The average Bonchev–Trinajstić information content (AvgIpc) is 3.22. The van der Waals surface area contributed by atoms with Crippen LogP contribution in [-0.4, -0.2) is 40.1 Å². The number of nitrogens with one attached hydrogen (secondary N) is 3. The van der Waals surface area contributed by atoms with Gasteiger partial charge in [0.05, 0.1) is 10.6 Å². The van der Waals surface area contributed by atoms with Crippen LogP contribution in [0.25, 0.3) is 11.0 Å². The third kappa shape index (κ3) is 8.41. The number of allylic oxidation sites excluding steroid dienone is 1. The first-order valence-electron chi connectivity index (χ1n) is 10.3. The molecule has 0 aliphatic heterocycles. The molecule has 0 aliphatic rings. The Bertz CT molecular complexity index is 911. The van der Waals surface area contributed by atoms with Crippen molar-refractivity contribution in [2.45, 2.75) is 51.9 Å². The molecule has 0 saturated carbocycles. The van der Waals surface area contributed by atoms with Crippen LogP contribution in [0.3, 0.4) is 0 Å². The van der Waals surface area contributed by atoms with Crippen molar-refractivity contribution in [3.63, 3.8) is 0 Å². The van der Waals surface area contributed by atoms with Gasteiger partial charge in [0.15, 0.2) is 5.52 Å². The normalized spacial score (nSPS) is 11.0. The summed E-state index contributed by atoms with van der Waals surface area (Å²) in [5.41, 5.74) is 0.940. The number of non-ortho nitro benzene ring substituents is 1. The molecule has 1 aromatic heterocycles.